The van der Waals surface area contributed by atoms with Gasteiger partial charge in [-0.1, -0.05) is 44.7 Å². The van der Waals surface area contributed by atoms with E-state index in [0.717, 1.165) is 62.6 Å². The standard InChI is InChI=1S/C29H38N2O5/c1-4-5-9-26(31-29(21-32)18-7-6-8-19-29)30-20-22-10-12-23(13-11-22)35-24-14-16-25(17-15-24)36-28(2,3)27(33)34/h10-17,21H,4-9,18-20H2,1-3H3,(H,30,31)(H,33,34). The van der Waals surface area contributed by atoms with Crippen LogP contribution in [0, 0.1) is 0 Å². The number of aliphatic carboxylic acids is 1. The van der Waals surface area contributed by atoms with Crippen LogP contribution >= 0.6 is 0 Å². The summed E-state index contributed by atoms with van der Waals surface area (Å²) in [6, 6.07) is 14.6. The molecule has 0 radical (unpaired) electrons. The molecule has 0 saturated heterocycles. The molecule has 0 spiro atoms. The minimum atomic E-state index is -1.31. The third kappa shape index (κ3) is 7.83. The minimum Gasteiger partial charge on any atom is -0.478 e. The van der Waals surface area contributed by atoms with E-state index in [9.17, 15) is 14.7 Å². The number of carboxylic acid groups (broad SMARTS) is 1. The van der Waals surface area contributed by atoms with Crippen LogP contribution in [0.25, 0.3) is 0 Å². The van der Waals surface area contributed by atoms with E-state index in [1.54, 1.807) is 24.3 Å². The summed E-state index contributed by atoms with van der Waals surface area (Å²) >= 11 is 0. The fourth-order valence-electron chi connectivity index (χ4n) is 4.17. The van der Waals surface area contributed by atoms with Gasteiger partial charge in [-0.2, -0.15) is 0 Å². The van der Waals surface area contributed by atoms with Gasteiger partial charge in [-0.15, -0.1) is 0 Å². The Kier molecular flexibility index (Phi) is 9.51. The van der Waals surface area contributed by atoms with Crippen molar-refractivity contribution in [3.63, 3.8) is 0 Å². The van der Waals surface area contributed by atoms with Crippen molar-refractivity contribution in [1.82, 2.24) is 5.32 Å². The number of amidine groups is 1. The first-order valence-corrected chi connectivity index (χ1v) is 12.8. The van der Waals surface area contributed by atoms with Crippen molar-refractivity contribution in [3.8, 4) is 17.2 Å². The number of hydrogen-bond acceptors (Lipinski definition) is 5. The van der Waals surface area contributed by atoms with Gasteiger partial charge in [0.05, 0.1) is 17.9 Å². The average molecular weight is 495 g/mol. The molecular weight excluding hydrogens is 456 g/mol. The molecule has 1 aliphatic carbocycles. The van der Waals surface area contributed by atoms with Gasteiger partial charge in [0, 0.05) is 6.42 Å². The number of aliphatic imine (C=N–C) groups is 1. The van der Waals surface area contributed by atoms with Crippen LogP contribution in [-0.4, -0.2) is 34.3 Å². The molecule has 1 aliphatic rings. The molecule has 36 heavy (non-hydrogen) atoms. The number of rotatable bonds is 12. The number of carboxylic acids is 1. The van der Waals surface area contributed by atoms with Crippen molar-refractivity contribution >= 4 is 18.1 Å². The number of nitrogens with one attached hydrogen (secondary N) is 1. The molecule has 0 bridgehead atoms. The lowest BCUT2D eigenvalue weighted by Crippen LogP contribution is -2.51. The molecule has 2 aromatic carbocycles. The maximum atomic E-state index is 11.9. The maximum absolute atomic E-state index is 11.9. The summed E-state index contributed by atoms with van der Waals surface area (Å²) in [4.78, 5) is 28.0. The number of hydrogen-bond donors (Lipinski definition) is 2. The summed E-state index contributed by atoms with van der Waals surface area (Å²) in [6.07, 6.45) is 9.12. The van der Waals surface area contributed by atoms with E-state index >= 15 is 0 Å². The van der Waals surface area contributed by atoms with Gasteiger partial charge < -0.3 is 24.7 Å². The molecule has 0 aliphatic heterocycles. The van der Waals surface area contributed by atoms with Gasteiger partial charge >= 0.3 is 5.97 Å². The normalized spacial score (nSPS) is 15.7. The molecule has 7 nitrogen and oxygen atoms in total. The van der Waals surface area contributed by atoms with Gasteiger partial charge in [0.1, 0.15) is 23.5 Å². The number of unbranched alkanes of at least 4 members (excludes halogenated alkanes) is 1. The summed E-state index contributed by atoms with van der Waals surface area (Å²) in [5.41, 5.74) is -0.717. The second-order valence-electron chi connectivity index (χ2n) is 9.96. The highest BCUT2D eigenvalue weighted by atomic mass is 16.5. The lowest BCUT2D eigenvalue weighted by Gasteiger charge is -2.34. The topological polar surface area (TPSA) is 97.2 Å². The van der Waals surface area contributed by atoms with Crippen LogP contribution in [0.15, 0.2) is 53.5 Å². The molecular formula is C29H38N2O5. The van der Waals surface area contributed by atoms with Gasteiger partial charge in [-0.25, -0.2) is 4.79 Å². The second-order valence-corrected chi connectivity index (χ2v) is 9.96. The molecule has 0 amide bonds. The number of carbonyl (C=O) groups is 2. The van der Waals surface area contributed by atoms with Crippen molar-refractivity contribution < 1.29 is 24.2 Å². The van der Waals surface area contributed by atoms with E-state index in [4.69, 9.17) is 14.5 Å². The van der Waals surface area contributed by atoms with Crippen LogP contribution in [0.1, 0.15) is 77.7 Å². The SMILES string of the molecule is CCCCC(=NCc1ccc(Oc2ccc(OC(C)(C)C(=O)O)cc2)cc1)NC1(C=O)CCCCC1. The first-order chi connectivity index (χ1) is 17.2. The van der Waals surface area contributed by atoms with Crippen molar-refractivity contribution in [2.24, 2.45) is 4.99 Å². The van der Waals surface area contributed by atoms with Crippen LogP contribution in [-0.2, 0) is 16.1 Å². The van der Waals surface area contributed by atoms with Crippen molar-refractivity contribution in [1.29, 1.82) is 0 Å². The zero-order valence-electron chi connectivity index (χ0n) is 21.6. The first-order valence-electron chi connectivity index (χ1n) is 12.8. The quantitative estimate of drug-likeness (QED) is 0.204. The van der Waals surface area contributed by atoms with Crippen molar-refractivity contribution in [3.05, 3.63) is 54.1 Å². The lowest BCUT2D eigenvalue weighted by atomic mass is 9.82. The third-order valence-corrected chi connectivity index (χ3v) is 6.46. The van der Waals surface area contributed by atoms with E-state index in [1.165, 1.54) is 20.3 Å². The highest BCUT2D eigenvalue weighted by Crippen LogP contribution is 2.28. The Morgan fingerprint density at radius 2 is 1.61 bits per heavy atom. The molecule has 7 heteroatoms. The molecule has 2 N–H and O–H groups in total. The second kappa shape index (κ2) is 12.6. The largest absolute Gasteiger partial charge is 0.478 e. The van der Waals surface area contributed by atoms with Crippen LogP contribution in [0.2, 0.25) is 0 Å². The highest BCUT2D eigenvalue weighted by Gasteiger charge is 2.32. The van der Waals surface area contributed by atoms with E-state index < -0.39 is 17.1 Å². The van der Waals surface area contributed by atoms with Crippen molar-refractivity contribution in [2.45, 2.75) is 89.8 Å². The van der Waals surface area contributed by atoms with E-state index in [-0.39, 0.29) is 0 Å². The molecule has 0 atom stereocenters. The Morgan fingerprint density at radius 1 is 1.03 bits per heavy atom. The molecule has 0 unspecified atom stereocenters. The molecule has 0 aromatic heterocycles. The first kappa shape index (κ1) is 27.2. The summed E-state index contributed by atoms with van der Waals surface area (Å²) in [5.74, 6) is 1.66. The average Bonchev–Trinajstić information content (AvgIpc) is 2.88. The lowest BCUT2D eigenvalue weighted by molar-refractivity contribution is -0.152. The van der Waals surface area contributed by atoms with Crippen LogP contribution in [0.3, 0.4) is 0 Å². The number of ether oxygens (including phenoxy) is 2. The van der Waals surface area contributed by atoms with Crippen molar-refractivity contribution in [2.75, 3.05) is 0 Å². The molecule has 194 valence electrons. The summed E-state index contributed by atoms with van der Waals surface area (Å²) in [6.45, 7) is 5.70. The fraction of sp³-hybridized carbons (Fsp3) is 0.483. The third-order valence-electron chi connectivity index (χ3n) is 6.46. The number of carbonyl (C=O) groups excluding carboxylic acids is 1. The van der Waals surface area contributed by atoms with Gasteiger partial charge in [-0.3, -0.25) is 4.99 Å². The summed E-state index contributed by atoms with van der Waals surface area (Å²) < 4.78 is 11.4. The van der Waals surface area contributed by atoms with Crippen LogP contribution in [0.4, 0.5) is 0 Å². The Bertz CT molecular complexity index is 1020. The Balaban J connectivity index is 1.60. The molecule has 1 fully saturated rings. The Morgan fingerprint density at radius 3 is 2.17 bits per heavy atom. The minimum absolute atomic E-state index is 0.458. The molecule has 3 rings (SSSR count). The summed E-state index contributed by atoms with van der Waals surface area (Å²) in [7, 11) is 0. The van der Waals surface area contributed by atoms with Gasteiger partial charge in [0.2, 0.25) is 0 Å². The predicted octanol–water partition coefficient (Wildman–Crippen LogP) is 6.30. The van der Waals surface area contributed by atoms with Gasteiger partial charge in [0.15, 0.2) is 5.60 Å². The highest BCUT2D eigenvalue weighted by molar-refractivity contribution is 5.86. The predicted molar refractivity (Wildman–Crippen MR) is 141 cm³/mol. The Labute approximate surface area is 213 Å². The number of benzene rings is 2. The van der Waals surface area contributed by atoms with E-state index in [0.29, 0.717) is 23.8 Å². The smallest absolute Gasteiger partial charge is 0.347 e. The maximum Gasteiger partial charge on any atom is 0.347 e. The monoisotopic (exact) mass is 494 g/mol. The molecule has 2 aromatic rings. The van der Waals surface area contributed by atoms with Gasteiger partial charge in [0.25, 0.3) is 0 Å². The molecule has 1 saturated carbocycles. The fourth-order valence-corrected chi connectivity index (χ4v) is 4.17. The van der Waals surface area contributed by atoms with Crippen LogP contribution < -0.4 is 14.8 Å². The number of aldehydes is 1. The van der Waals surface area contributed by atoms with E-state index in [1.807, 2.05) is 24.3 Å². The van der Waals surface area contributed by atoms with Gasteiger partial charge in [-0.05, 0) is 75.1 Å². The summed E-state index contributed by atoms with van der Waals surface area (Å²) in [5, 5.41) is 12.7. The Hall–Kier alpha value is -3.35. The zero-order chi connectivity index (χ0) is 26.0. The van der Waals surface area contributed by atoms with Crippen LogP contribution in [0.5, 0.6) is 17.2 Å². The van der Waals surface area contributed by atoms with E-state index in [2.05, 4.69) is 12.2 Å². The zero-order valence-corrected chi connectivity index (χ0v) is 21.6. The molecule has 0 heterocycles. The number of nitrogens with zero attached hydrogens (tertiary/aromatic N) is 1.